The van der Waals surface area contributed by atoms with Crippen LogP contribution in [0.15, 0.2) is 0 Å². The van der Waals surface area contributed by atoms with E-state index in [-0.39, 0.29) is 5.91 Å². The van der Waals surface area contributed by atoms with E-state index in [0.29, 0.717) is 18.9 Å². The van der Waals surface area contributed by atoms with Crippen molar-refractivity contribution in [2.24, 2.45) is 11.8 Å². The number of carbonyl (C=O) groups is 3. The fourth-order valence-corrected chi connectivity index (χ4v) is 3.00. The maximum atomic E-state index is 12.3. The minimum absolute atomic E-state index is 0.304. The fraction of sp³-hybridized carbons (Fsp3) is 0.786. The van der Waals surface area contributed by atoms with Gasteiger partial charge in [-0.25, -0.2) is 4.79 Å². The lowest BCUT2D eigenvalue weighted by Crippen LogP contribution is -2.58. The number of hydrogen-bond acceptors (Lipinski definition) is 3. The van der Waals surface area contributed by atoms with E-state index in [1.54, 1.807) is 0 Å². The third-order valence-corrected chi connectivity index (χ3v) is 4.10. The Labute approximate surface area is 113 Å². The van der Waals surface area contributed by atoms with Crippen LogP contribution in [0.5, 0.6) is 0 Å². The van der Waals surface area contributed by atoms with Crippen LogP contribution in [0.2, 0.25) is 0 Å². The van der Waals surface area contributed by atoms with Crippen LogP contribution < -0.4 is 5.32 Å². The zero-order valence-electron chi connectivity index (χ0n) is 11.5. The molecule has 0 aromatic rings. The van der Waals surface area contributed by atoms with Gasteiger partial charge in [0.15, 0.2) is 0 Å². The van der Waals surface area contributed by atoms with Crippen LogP contribution in [0.4, 0.5) is 4.79 Å². The zero-order chi connectivity index (χ0) is 13.8. The molecule has 2 fully saturated rings. The summed E-state index contributed by atoms with van der Waals surface area (Å²) in [5.74, 6) is -1.01. The molecule has 1 saturated heterocycles. The summed E-state index contributed by atoms with van der Waals surface area (Å²) in [5.41, 5.74) is 0. The third-order valence-electron chi connectivity index (χ3n) is 4.10. The minimum Gasteiger partial charge on any atom is -0.277 e. The van der Waals surface area contributed by atoms with Crippen LogP contribution >= 0.6 is 0 Å². The Kier molecular flexibility index (Phi) is 4.56. The van der Waals surface area contributed by atoms with Crippen molar-refractivity contribution in [3.8, 4) is 0 Å². The minimum atomic E-state index is -0.675. The number of carbonyl (C=O) groups excluding carboxylic acids is 3. The molecule has 0 aromatic heterocycles. The van der Waals surface area contributed by atoms with Gasteiger partial charge in [-0.3, -0.25) is 19.8 Å². The van der Waals surface area contributed by atoms with Crippen molar-refractivity contribution in [1.82, 2.24) is 10.2 Å². The monoisotopic (exact) mass is 266 g/mol. The second-order valence-corrected chi connectivity index (χ2v) is 5.59. The van der Waals surface area contributed by atoms with Crippen LogP contribution in [-0.2, 0) is 9.59 Å². The largest absolute Gasteiger partial charge is 0.330 e. The predicted molar refractivity (Wildman–Crippen MR) is 70.2 cm³/mol. The molecule has 2 rings (SSSR count). The molecule has 1 heterocycles. The van der Waals surface area contributed by atoms with Gasteiger partial charge < -0.3 is 0 Å². The van der Waals surface area contributed by atoms with Gasteiger partial charge in [-0.05, 0) is 25.2 Å². The van der Waals surface area contributed by atoms with Crippen molar-refractivity contribution in [2.75, 3.05) is 6.54 Å². The molecule has 4 amide bonds. The fourth-order valence-electron chi connectivity index (χ4n) is 3.00. The summed E-state index contributed by atoms with van der Waals surface area (Å²) in [5, 5.41) is 2.31. The molecular formula is C14H22N2O3. The molecule has 0 aromatic carbocycles. The molecular weight excluding hydrogens is 244 g/mol. The van der Waals surface area contributed by atoms with Crippen molar-refractivity contribution in [2.45, 2.75) is 51.9 Å². The van der Waals surface area contributed by atoms with E-state index in [1.165, 1.54) is 24.2 Å². The molecule has 1 saturated carbocycles. The summed E-state index contributed by atoms with van der Waals surface area (Å²) >= 11 is 0. The van der Waals surface area contributed by atoms with Crippen molar-refractivity contribution in [1.29, 1.82) is 0 Å². The quantitative estimate of drug-likeness (QED) is 0.792. The maximum absolute atomic E-state index is 12.3. The average molecular weight is 266 g/mol. The Morgan fingerprint density at radius 2 is 1.84 bits per heavy atom. The van der Waals surface area contributed by atoms with Crippen LogP contribution in [0, 0.1) is 11.8 Å². The van der Waals surface area contributed by atoms with E-state index in [0.717, 1.165) is 19.3 Å². The summed E-state index contributed by atoms with van der Waals surface area (Å²) < 4.78 is 0. The molecule has 106 valence electrons. The van der Waals surface area contributed by atoms with Crippen molar-refractivity contribution in [3.63, 3.8) is 0 Å². The van der Waals surface area contributed by atoms with Gasteiger partial charge in [0.25, 0.3) is 0 Å². The van der Waals surface area contributed by atoms with Crippen molar-refractivity contribution < 1.29 is 14.4 Å². The van der Waals surface area contributed by atoms with E-state index < -0.39 is 17.9 Å². The van der Waals surface area contributed by atoms with E-state index in [9.17, 15) is 14.4 Å². The highest BCUT2D eigenvalue weighted by Gasteiger charge is 2.40. The summed E-state index contributed by atoms with van der Waals surface area (Å²) in [7, 11) is 0. The lowest BCUT2D eigenvalue weighted by atomic mass is 9.88. The van der Waals surface area contributed by atoms with Gasteiger partial charge in [-0.15, -0.1) is 0 Å². The molecule has 0 radical (unpaired) electrons. The number of nitrogens with one attached hydrogen (secondary N) is 1. The first kappa shape index (κ1) is 14.0. The average Bonchev–Trinajstić information content (AvgIpc) is 2.41. The molecule has 1 aliphatic carbocycles. The molecule has 1 unspecified atom stereocenters. The molecule has 5 nitrogen and oxygen atoms in total. The first-order valence-electron chi connectivity index (χ1n) is 7.29. The first-order valence-corrected chi connectivity index (χ1v) is 7.29. The topological polar surface area (TPSA) is 66.5 Å². The standard InChI is InChI=1S/C14H22N2O3/c1-2-6-11-12(17)15-14(19)16(13(11)18)9-10-7-4-3-5-8-10/h10-11H,2-9H2,1H3,(H,15,17,19). The molecule has 0 spiro atoms. The second kappa shape index (κ2) is 6.17. The Hall–Kier alpha value is -1.39. The van der Waals surface area contributed by atoms with Crippen LogP contribution in [0.1, 0.15) is 51.9 Å². The predicted octanol–water partition coefficient (Wildman–Crippen LogP) is 2.06. The lowest BCUT2D eigenvalue weighted by molar-refractivity contribution is -0.143. The van der Waals surface area contributed by atoms with Gasteiger partial charge >= 0.3 is 6.03 Å². The second-order valence-electron chi connectivity index (χ2n) is 5.59. The third kappa shape index (κ3) is 3.14. The molecule has 19 heavy (non-hydrogen) atoms. The summed E-state index contributed by atoms with van der Waals surface area (Å²) in [6.45, 7) is 2.40. The Balaban J connectivity index is 2.02. The van der Waals surface area contributed by atoms with E-state index in [2.05, 4.69) is 5.32 Å². The van der Waals surface area contributed by atoms with Gasteiger partial charge in [-0.2, -0.15) is 0 Å². The lowest BCUT2D eigenvalue weighted by Gasteiger charge is -2.33. The molecule has 5 heteroatoms. The van der Waals surface area contributed by atoms with E-state index in [4.69, 9.17) is 0 Å². The summed E-state index contributed by atoms with van der Waals surface area (Å²) in [6.07, 6.45) is 7.01. The molecule has 1 atom stereocenters. The first-order chi connectivity index (χ1) is 9.13. The highest BCUT2D eigenvalue weighted by Crippen LogP contribution is 2.26. The van der Waals surface area contributed by atoms with Gasteiger partial charge in [0.1, 0.15) is 5.92 Å². The highest BCUT2D eigenvalue weighted by molar-refractivity contribution is 6.16. The van der Waals surface area contributed by atoms with Crippen LogP contribution in [0.3, 0.4) is 0 Å². The normalized spacial score (nSPS) is 25.6. The Morgan fingerprint density at radius 1 is 1.16 bits per heavy atom. The van der Waals surface area contributed by atoms with Gasteiger partial charge in [-0.1, -0.05) is 32.6 Å². The number of amides is 4. The maximum Gasteiger partial charge on any atom is 0.330 e. The Morgan fingerprint density at radius 3 is 2.47 bits per heavy atom. The van der Waals surface area contributed by atoms with Gasteiger partial charge in [0.05, 0.1) is 0 Å². The zero-order valence-corrected chi connectivity index (χ0v) is 11.5. The SMILES string of the molecule is CCCC1C(=O)NC(=O)N(CC2CCCCC2)C1=O. The Bertz CT molecular complexity index is 375. The van der Waals surface area contributed by atoms with E-state index >= 15 is 0 Å². The van der Waals surface area contributed by atoms with E-state index in [1.807, 2.05) is 6.92 Å². The van der Waals surface area contributed by atoms with Gasteiger partial charge in [0, 0.05) is 6.54 Å². The number of hydrogen-bond donors (Lipinski definition) is 1. The highest BCUT2D eigenvalue weighted by atomic mass is 16.2. The number of nitrogens with zero attached hydrogens (tertiary/aromatic N) is 1. The molecule has 1 N–H and O–H groups in total. The van der Waals surface area contributed by atoms with Crippen molar-refractivity contribution in [3.05, 3.63) is 0 Å². The smallest absolute Gasteiger partial charge is 0.277 e. The van der Waals surface area contributed by atoms with Crippen molar-refractivity contribution >= 4 is 17.8 Å². The number of imide groups is 2. The van der Waals surface area contributed by atoms with Crippen LogP contribution in [0.25, 0.3) is 0 Å². The van der Waals surface area contributed by atoms with Crippen LogP contribution in [-0.4, -0.2) is 29.3 Å². The molecule has 0 bridgehead atoms. The number of urea groups is 1. The molecule has 2 aliphatic rings. The number of rotatable bonds is 4. The molecule has 1 aliphatic heterocycles. The number of barbiturate groups is 1. The summed E-state index contributed by atoms with van der Waals surface area (Å²) in [6, 6.07) is -0.534. The summed E-state index contributed by atoms with van der Waals surface area (Å²) in [4.78, 5) is 37.0. The van der Waals surface area contributed by atoms with Gasteiger partial charge in [0.2, 0.25) is 11.8 Å².